The molecule has 0 aromatic heterocycles. The van der Waals surface area contributed by atoms with Crippen LogP contribution in [0.15, 0.2) is 53.2 Å². The first-order valence-corrected chi connectivity index (χ1v) is 8.21. The van der Waals surface area contributed by atoms with Crippen molar-refractivity contribution in [2.45, 2.75) is 46.5 Å². The van der Waals surface area contributed by atoms with E-state index in [2.05, 4.69) is 69.5 Å². The van der Waals surface area contributed by atoms with Gasteiger partial charge in [0.25, 0.3) is 0 Å². The predicted octanol–water partition coefficient (Wildman–Crippen LogP) is 5.89. The lowest BCUT2D eigenvalue weighted by atomic mass is 9.95. The van der Waals surface area contributed by atoms with Gasteiger partial charge in [-0.2, -0.15) is 0 Å². The largest absolute Gasteiger partial charge is 0.265 e. The van der Waals surface area contributed by atoms with Crippen molar-refractivity contribution in [2.24, 2.45) is 16.8 Å². The third kappa shape index (κ3) is 5.00. The van der Waals surface area contributed by atoms with Crippen LogP contribution in [0.25, 0.3) is 5.57 Å². The van der Waals surface area contributed by atoms with Crippen LogP contribution in [0, 0.1) is 11.8 Å². The Labute approximate surface area is 129 Å². The molecule has 1 heteroatoms. The first-order valence-electron chi connectivity index (χ1n) is 8.21. The molecular formula is C20H27N. The molecule has 0 fully saturated rings. The van der Waals surface area contributed by atoms with Crippen LogP contribution in [0.5, 0.6) is 0 Å². The van der Waals surface area contributed by atoms with Crippen molar-refractivity contribution in [1.82, 2.24) is 0 Å². The Morgan fingerprint density at radius 2 is 1.76 bits per heavy atom. The minimum absolute atomic E-state index is 0.574. The molecule has 1 aromatic rings. The summed E-state index contributed by atoms with van der Waals surface area (Å²) in [5, 5.41) is 0. The Morgan fingerprint density at radius 1 is 1.05 bits per heavy atom. The standard InChI is InChI=1S/C20H27N/c1-4-20-14-19(18-11-6-5-7-12-18)13-16(2)9-8-10-17(3)15-21-20/h5-7,11-17H,4,8-10H2,1-3H3/b19-13-,20-14-,21-15+. The van der Waals surface area contributed by atoms with Crippen molar-refractivity contribution in [2.75, 3.05) is 0 Å². The van der Waals surface area contributed by atoms with E-state index >= 15 is 0 Å². The summed E-state index contributed by atoms with van der Waals surface area (Å²) in [6.45, 7) is 6.77. The van der Waals surface area contributed by atoms with Crippen LogP contribution >= 0.6 is 0 Å². The molecule has 1 aliphatic heterocycles. The summed E-state index contributed by atoms with van der Waals surface area (Å²) in [5.74, 6) is 1.19. The smallest absolute Gasteiger partial charge is 0.0403 e. The second-order valence-electron chi connectivity index (χ2n) is 6.14. The zero-order chi connectivity index (χ0) is 15.1. The predicted molar refractivity (Wildman–Crippen MR) is 93.5 cm³/mol. The van der Waals surface area contributed by atoms with E-state index in [0.29, 0.717) is 11.8 Å². The van der Waals surface area contributed by atoms with E-state index < -0.39 is 0 Å². The molecule has 0 aliphatic carbocycles. The molecule has 0 N–H and O–H groups in total. The fraction of sp³-hybridized carbons (Fsp3) is 0.450. The molecule has 0 spiro atoms. The van der Waals surface area contributed by atoms with Crippen LogP contribution in [-0.4, -0.2) is 6.21 Å². The highest BCUT2D eigenvalue weighted by atomic mass is 14.7. The van der Waals surface area contributed by atoms with E-state index in [4.69, 9.17) is 4.99 Å². The first kappa shape index (κ1) is 15.8. The van der Waals surface area contributed by atoms with E-state index in [-0.39, 0.29) is 0 Å². The zero-order valence-electron chi connectivity index (χ0n) is 13.5. The van der Waals surface area contributed by atoms with E-state index in [1.807, 2.05) is 0 Å². The van der Waals surface area contributed by atoms with Crippen molar-refractivity contribution >= 4 is 11.8 Å². The highest BCUT2D eigenvalue weighted by Crippen LogP contribution is 2.24. The number of hydrogen-bond donors (Lipinski definition) is 0. The molecule has 1 nitrogen and oxygen atoms in total. The summed E-state index contributed by atoms with van der Waals surface area (Å²) in [6, 6.07) is 10.7. The van der Waals surface area contributed by atoms with Gasteiger partial charge in [0.1, 0.15) is 0 Å². The Bertz CT molecular complexity index is 522. The quantitative estimate of drug-likeness (QED) is 0.641. The SMILES string of the molecule is CCC1=C/C(c2ccccc2)=C/C(C)CCCC(C)\C=N\1. The molecule has 0 saturated carbocycles. The van der Waals surface area contributed by atoms with Crippen molar-refractivity contribution in [3.8, 4) is 0 Å². The summed E-state index contributed by atoms with van der Waals surface area (Å²) >= 11 is 0. The Hall–Kier alpha value is -1.63. The van der Waals surface area contributed by atoms with Crippen molar-refractivity contribution in [3.63, 3.8) is 0 Å². The minimum atomic E-state index is 0.574. The van der Waals surface area contributed by atoms with Gasteiger partial charge in [0, 0.05) is 11.9 Å². The summed E-state index contributed by atoms with van der Waals surface area (Å²) in [6.07, 6.45) is 11.5. The van der Waals surface area contributed by atoms with E-state index in [1.165, 1.54) is 36.1 Å². The molecule has 112 valence electrons. The van der Waals surface area contributed by atoms with Crippen molar-refractivity contribution in [3.05, 3.63) is 53.7 Å². The normalized spacial score (nSPS) is 30.4. The maximum atomic E-state index is 4.72. The van der Waals surface area contributed by atoms with Crippen molar-refractivity contribution < 1.29 is 0 Å². The summed E-state index contributed by atoms with van der Waals surface area (Å²) in [4.78, 5) is 4.72. The molecule has 2 unspecified atom stereocenters. The molecule has 21 heavy (non-hydrogen) atoms. The number of allylic oxidation sites excluding steroid dienone is 4. The number of nitrogens with zero attached hydrogens (tertiary/aromatic N) is 1. The zero-order valence-corrected chi connectivity index (χ0v) is 13.5. The second kappa shape index (κ2) is 7.97. The third-order valence-electron chi connectivity index (χ3n) is 4.07. The van der Waals surface area contributed by atoms with Crippen LogP contribution in [0.1, 0.15) is 52.0 Å². The van der Waals surface area contributed by atoms with Gasteiger partial charge in [0.15, 0.2) is 0 Å². The molecular weight excluding hydrogens is 254 g/mol. The highest BCUT2D eigenvalue weighted by Gasteiger charge is 2.07. The molecule has 0 radical (unpaired) electrons. The Balaban J connectivity index is 2.40. The molecule has 1 aliphatic rings. The number of hydrogen-bond acceptors (Lipinski definition) is 1. The van der Waals surface area contributed by atoms with Gasteiger partial charge in [-0.3, -0.25) is 4.99 Å². The summed E-state index contributed by atoms with van der Waals surface area (Å²) in [5.41, 5.74) is 3.77. The molecule has 2 atom stereocenters. The van der Waals surface area contributed by atoms with Gasteiger partial charge in [-0.1, -0.05) is 63.6 Å². The average molecular weight is 281 g/mol. The van der Waals surface area contributed by atoms with Gasteiger partial charge in [0.05, 0.1) is 0 Å². The van der Waals surface area contributed by atoms with Crippen LogP contribution in [-0.2, 0) is 0 Å². The molecule has 2 rings (SSSR count). The minimum Gasteiger partial charge on any atom is -0.265 e. The van der Waals surface area contributed by atoms with E-state index in [0.717, 1.165) is 6.42 Å². The van der Waals surface area contributed by atoms with E-state index in [1.54, 1.807) is 0 Å². The maximum absolute atomic E-state index is 4.72. The topological polar surface area (TPSA) is 12.4 Å². The second-order valence-corrected chi connectivity index (χ2v) is 6.14. The lowest BCUT2D eigenvalue weighted by molar-refractivity contribution is 0.548. The van der Waals surface area contributed by atoms with Crippen LogP contribution < -0.4 is 0 Å². The summed E-state index contributed by atoms with van der Waals surface area (Å²) < 4.78 is 0. The van der Waals surface area contributed by atoms with Gasteiger partial charge in [-0.15, -0.1) is 0 Å². The van der Waals surface area contributed by atoms with Gasteiger partial charge in [0.2, 0.25) is 0 Å². The number of aliphatic imine (C=N–C) groups is 1. The number of rotatable bonds is 2. The molecule has 1 aromatic carbocycles. The summed E-state index contributed by atoms with van der Waals surface area (Å²) in [7, 11) is 0. The van der Waals surface area contributed by atoms with Crippen molar-refractivity contribution in [1.29, 1.82) is 0 Å². The first-order chi connectivity index (χ1) is 10.2. The highest BCUT2D eigenvalue weighted by molar-refractivity contribution is 5.75. The fourth-order valence-corrected chi connectivity index (χ4v) is 2.72. The van der Waals surface area contributed by atoms with Gasteiger partial charge < -0.3 is 0 Å². The molecule has 0 bridgehead atoms. The van der Waals surface area contributed by atoms with Gasteiger partial charge >= 0.3 is 0 Å². The molecule has 1 heterocycles. The van der Waals surface area contributed by atoms with Crippen LogP contribution in [0.2, 0.25) is 0 Å². The Morgan fingerprint density at radius 3 is 2.48 bits per heavy atom. The van der Waals surface area contributed by atoms with E-state index in [9.17, 15) is 0 Å². The van der Waals surface area contributed by atoms with Crippen LogP contribution in [0.4, 0.5) is 0 Å². The maximum Gasteiger partial charge on any atom is 0.0403 e. The van der Waals surface area contributed by atoms with Gasteiger partial charge in [-0.25, -0.2) is 0 Å². The molecule has 0 saturated heterocycles. The lowest BCUT2D eigenvalue weighted by Gasteiger charge is -2.10. The lowest BCUT2D eigenvalue weighted by Crippen LogP contribution is -1.98. The monoisotopic (exact) mass is 281 g/mol. The fourth-order valence-electron chi connectivity index (χ4n) is 2.72. The van der Waals surface area contributed by atoms with Crippen LogP contribution in [0.3, 0.4) is 0 Å². The average Bonchev–Trinajstić information content (AvgIpc) is 2.53. The third-order valence-corrected chi connectivity index (χ3v) is 4.07. The van der Waals surface area contributed by atoms with Gasteiger partial charge in [-0.05, 0) is 48.3 Å². The Kier molecular flexibility index (Phi) is 5.98. The molecule has 0 amide bonds. The number of benzene rings is 1.